The third kappa shape index (κ3) is 2.51. The van der Waals surface area contributed by atoms with Gasteiger partial charge in [-0.25, -0.2) is 0 Å². The molecule has 2 nitrogen and oxygen atoms in total. The SMILES string of the molecule is COc1cccc(/C=C/CBr)c1OC. The molecule has 0 aliphatic carbocycles. The number of hydrogen-bond acceptors (Lipinski definition) is 2. The van der Waals surface area contributed by atoms with Gasteiger partial charge < -0.3 is 9.47 Å². The Kier molecular flexibility index (Phi) is 4.53. The molecule has 0 saturated carbocycles. The van der Waals surface area contributed by atoms with Gasteiger partial charge in [-0.15, -0.1) is 0 Å². The molecule has 1 aromatic carbocycles. The Hall–Kier alpha value is -0.960. The highest BCUT2D eigenvalue weighted by Crippen LogP contribution is 2.31. The summed E-state index contributed by atoms with van der Waals surface area (Å²) in [5.41, 5.74) is 1.02. The zero-order valence-electron chi connectivity index (χ0n) is 8.29. The van der Waals surface area contributed by atoms with E-state index in [1.54, 1.807) is 14.2 Å². The minimum absolute atomic E-state index is 0.754. The summed E-state index contributed by atoms with van der Waals surface area (Å²) in [6, 6.07) is 5.81. The second kappa shape index (κ2) is 5.70. The number of allylic oxidation sites excluding steroid dienone is 1. The van der Waals surface area contributed by atoms with Crippen LogP contribution in [0.2, 0.25) is 0 Å². The fraction of sp³-hybridized carbons (Fsp3) is 0.273. The second-order valence-electron chi connectivity index (χ2n) is 2.64. The summed E-state index contributed by atoms with van der Waals surface area (Å²) in [4.78, 5) is 0. The van der Waals surface area contributed by atoms with E-state index in [4.69, 9.17) is 9.47 Å². The fourth-order valence-corrected chi connectivity index (χ4v) is 1.40. The first-order chi connectivity index (χ1) is 6.83. The Morgan fingerprint density at radius 2 is 2.07 bits per heavy atom. The third-order valence-corrected chi connectivity index (χ3v) is 2.19. The number of hydrogen-bond donors (Lipinski definition) is 0. The molecule has 14 heavy (non-hydrogen) atoms. The van der Waals surface area contributed by atoms with Gasteiger partial charge in [0.25, 0.3) is 0 Å². The number of halogens is 1. The molecule has 0 atom stereocenters. The van der Waals surface area contributed by atoms with Crippen molar-refractivity contribution in [3.8, 4) is 11.5 Å². The summed E-state index contributed by atoms with van der Waals surface area (Å²) in [7, 11) is 3.28. The van der Waals surface area contributed by atoms with Gasteiger partial charge in [0.15, 0.2) is 11.5 Å². The van der Waals surface area contributed by atoms with E-state index in [-0.39, 0.29) is 0 Å². The normalized spacial score (nSPS) is 10.5. The molecular weight excluding hydrogens is 244 g/mol. The molecule has 0 amide bonds. The lowest BCUT2D eigenvalue weighted by Gasteiger charge is -2.09. The van der Waals surface area contributed by atoms with Gasteiger partial charge in [-0.2, -0.15) is 0 Å². The van der Waals surface area contributed by atoms with Crippen LogP contribution in [0.3, 0.4) is 0 Å². The van der Waals surface area contributed by atoms with Gasteiger partial charge in [-0.05, 0) is 6.07 Å². The first-order valence-corrected chi connectivity index (χ1v) is 5.39. The molecule has 3 heteroatoms. The van der Waals surface area contributed by atoms with Crippen LogP contribution in [0.5, 0.6) is 11.5 Å². The molecule has 76 valence electrons. The summed E-state index contributed by atoms with van der Waals surface area (Å²) in [5, 5.41) is 0.827. The van der Waals surface area contributed by atoms with Crippen LogP contribution in [0.25, 0.3) is 6.08 Å². The van der Waals surface area contributed by atoms with Crippen LogP contribution in [0.15, 0.2) is 24.3 Å². The van der Waals surface area contributed by atoms with E-state index in [1.165, 1.54) is 0 Å². The number of benzene rings is 1. The Morgan fingerprint density at radius 3 is 2.64 bits per heavy atom. The minimum Gasteiger partial charge on any atom is -0.493 e. The largest absolute Gasteiger partial charge is 0.493 e. The standard InChI is InChI=1S/C11H13BrO2/c1-13-10-7-3-5-9(6-4-8-12)11(10)14-2/h3-7H,8H2,1-2H3/b6-4+. The van der Waals surface area contributed by atoms with E-state index in [0.717, 1.165) is 22.4 Å². The lowest BCUT2D eigenvalue weighted by atomic mass is 10.1. The molecule has 0 saturated heterocycles. The van der Waals surface area contributed by atoms with E-state index in [0.29, 0.717) is 0 Å². The molecule has 0 spiro atoms. The predicted octanol–water partition coefficient (Wildman–Crippen LogP) is 3.11. The van der Waals surface area contributed by atoms with E-state index >= 15 is 0 Å². The summed E-state index contributed by atoms with van der Waals surface area (Å²) in [6.07, 6.45) is 4.01. The summed E-state index contributed by atoms with van der Waals surface area (Å²) < 4.78 is 10.5. The topological polar surface area (TPSA) is 18.5 Å². The molecule has 0 aliphatic rings. The number of rotatable bonds is 4. The number of ether oxygens (including phenoxy) is 2. The van der Waals surface area contributed by atoms with Crippen molar-refractivity contribution in [3.05, 3.63) is 29.8 Å². The fourth-order valence-electron chi connectivity index (χ4n) is 1.21. The zero-order valence-corrected chi connectivity index (χ0v) is 9.87. The van der Waals surface area contributed by atoms with Crippen molar-refractivity contribution in [1.29, 1.82) is 0 Å². The van der Waals surface area contributed by atoms with Crippen LogP contribution in [0.4, 0.5) is 0 Å². The Balaban J connectivity index is 3.08. The van der Waals surface area contributed by atoms with Crippen molar-refractivity contribution in [1.82, 2.24) is 0 Å². The van der Waals surface area contributed by atoms with Gasteiger partial charge in [-0.1, -0.05) is 40.2 Å². The van der Waals surface area contributed by atoms with E-state index in [2.05, 4.69) is 15.9 Å². The Morgan fingerprint density at radius 1 is 1.29 bits per heavy atom. The van der Waals surface area contributed by atoms with Crippen LogP contribution in [-0.4, -0.2) is 19.5 Å². The van der Waals surface area contributed by atoms with Crippen LogP contribution >= 0.6 is 15.9 Å². The number of para-hydroxylation sites is 1. The smallest absolute Gasteiger partial charge is 0.167 e. The lowest BCUT2D eigenvalue weighted by molar-refractivity contribution is 0.354. The molecule has 0 radical (unpaired) electrons. The van der Waals surface area contributed by atoms with Gasteiger partial charge in [0, 0.05) is 10.9 Å². The summed E-state index contributed by atoms with van der Waals surface area (Å²) >= 11 is 3.33. The first kappa shape index (κ1) is 11.1. The molecule has 0 bridgehead atoms. The highest BCUT2D eigenvalue weighted by Gasteiger charge is 2.05. The second-order valence-corrected chi connectivity index (χ2v) is 3.29. The maximum absolute atomic E-state index is 5.27. The highest BCUT2D eigenvalue weighted by molar-refractivity contribution is 9.09. The van der Waals surface area contributed by atoms with Crippen LogP contribution in [-0.2, 0) is 0 Å². The molecular formula is C11H13BrO2. The lowest BCUT2D eigenvalue weighted by Crippen LogP contribution is -1.92. The maximum atomic E-state index is 5.27. The van der Waals surface area contributed by atoms with Gasteiger partial charge in [-0.3, -0.25) is 0 Å². The minimum atomic E-state index is 0.754. The molecule has 1 rings (SSSR count). The number of alkyl halides is 1. The molecule has 0 aromatic heterocycles. The van der Waals surface area contributed by atoms with Gasteiger partial charge in [0.1, 0.15) is 0 Å². The molecule has 0 fully saturated rings. The average molecular weight is 257 g/mol. The van der Waals surface area contributed by atoms with Crippen molar-refractivity contribution < 1.29 is 9.47 Å². The molecule has 1 aromatic rings. The van der Waals surface area contributed by atoms with Crippen molar-refractivity contribution in [2.45, 2.75) is 0 Å². The zero-order chi connectivity index (χ0) is 10.4. The first-order valence-electron chi connectivity index (χ1n) is 4.27. The van der Waals surface area contributed by atoms with E-state index in [9.17, 15) is 0 Å². The Bertz CT molecular complexity index is 321. The van der Waals surface area contributed by atoms with E-state index in [1.807, 2.05) is 30.4 Å². The average Bonchev–Trinajstić information content (AvgIpc) is 2.25. The van der Waals surface area contributed by atoms with Crippen molar-refractivity contribution in [2.24, 2.45) is 0 Å². The van der Waals surface area contributed by atoms with Crippen LogP contribution in [0, 0.1) is 0 Å². The number of methoxy groups -OCH3 is 2. The van der Waals surface area contributed by atoms with Gasteiger partial charge >= 0.3 is 0 Å². The van der Waals surface area contributed by atoms with Crippen molar-refractivity contribution >= 4 is 22.0 Å². The van der Waals surface area contributed by atoms with Crippen molar-refractivity contribution in [3.63, 3.8) is 0 Å². The quantitative estimate of drug-likeness (QED) is 0.771. The van der Waals surface area contributed by atoms with Gasteiger partial charge in [0.2, 0.25) is 0 Å². The summed E-state index contributed by atoms with van der Waals surface area (Å²) in [5.74, 6) is 1.52. The highest BCUT2D eigenvalue weighted by atomic mass is 79.9. The summed E-state index contributed by atoms with van der Waals surface area (Å²) in [6.45, 7) is 0. The van der Waals surface area contributed by atoms with Crippen LogP contribution in [0.1, 0.15) is 5.56 Å². The molecule has 0 heterocycles. The maximum Gasteiger partial charge on any atom is 0.167 e. The third-order valence-electron chi connectivity index (χ3n) is 1.82. The Labute approximate surface area is 92.7 Å². The monoisotopic (exact) mass is 256 g/mol. The van der Waals surface area contributed by atoms with Crippen LogP contribution < -0.4 is 9.47 Å². The van der Waals surface area contributed by atoms with E-state index < -0.39 is 0 Å². The predicted molar refractivity (Wildman–Crippen MR) is 62.4 cm³/mol. The molecule has 0 aliphatic heterocycles. The molecule has 0 N–H and O–H groups in total. The van der Waals surface area contributed by atoms with Crippen molar-refractivity contribution in [2.75, 3.05) is 19.5 Å². The molecule has 0 unspecified atom stereocenters. The van der Waals surface area contributed by atoms with Gasteiger partial charge in [0.05, 0.1) is 14.2 Å².